The minimum absolute atomic E-state index is 0.0337. The predicted octanol–water partition coefficient (Wildman–Crippen LogP) is -0.856. The van der Waals surface area contributed by atoms with Gasteiger partial charge in [0, 0.05) is 0 Å². The Bertz CT molecular complexity index is 545. The highest BCUT2D eigenvalue weighted by molar-refractivity contribution is 6.08. The number of nitrogens with one attached hydrogen (secondary N) is 2. The van der Waals surface area contributed by atoms with Gasteiger partial charge in [0.2, 0.25) is 0 Å². The molecule has 1 heterocycles. The standard InChI is InChI=1S/C14H17N3O5/c1-2-7-15-10(18)9-22-11(19)8-17-12(20)14(16-13(17)21)5-3-4-6-14/h1H,3-9H2,(H,15,18)(H,16,21). The largest absolute Gasteiger partial charge is 0.454 e. The Labute approximate surface area is 127 Å². The molecule has 1 aliphatic carbocycles. The monoisotopic (exact) mass is 307 g/mol. The van der Waals surface area contributed by atoms with Crippen molar-refractivity contribution >= 4 is 23.8 Å². The van der Waals surface area contributed by atoms with E-state index < -0.39 is 42.5 Å². The fraction of sp³-hybridized carbons (Fsp3) is 0.571. The molecule has 8 nitrogen and oxygen atoms in total. The number of terminal acetylenes is 1. The Morgan fingerprint density at radius 1 is 1.36 bits per heavy atom. The zero-order valence-electron chi connectivity index (χ0n) is 12.0. The Morgan fingerprint density at radius 3 is 2.68 bits per heavy atom. The maximum absolute atomic E-state index is 12.3. The van der Waals surface area contributed by atoms with Crippen LogP contribution in [-0.4, -0.2) is 54.0 Å². The highest BCUT2D eigenvalue weighted by atomic mass is 16.5. The third-order valence-electron chi connectivity index (χ3n) is 3.74. The van der Waals surface area contributed by atoms with Gasteiger partial charge in [-0.15, -0.1) is 6.42 Å². The molecule has 2 fully saturated rings. The van der Waals surface area contributed by atoms with Crippen LogP contribution in [0.15, 0.2) is 0 Å². The van der Waals surface area contributed by atoms with Gasteiger partial charge in [0.15, 0.2) is 6.61 Å². The SMILES string of the molecule is C#CCNC(=O)COC(=O)CN1C(=O)NC2(CCCC2)C1=O. The van der Waals surface area contributed by atoms with Gasteiger partial charge in [-0.2, -0.15) is 0 Å². The molecule has 0 aromatic carbocycles. The number of esters is 1. The van der Waals surface area contributed by atoms with E-state index in [1.165, 1.54) is 0 Å². The van der Waals surface area contributed by atoms with Gasteiger partial charge < -0.3 is 15.4 Å². The van der Waals surface area contributed by atoms with E-state index in [1.807, 2.05) is 0 Å². The van der Waals surface area contributed by atoms with E-state index in [9.17, 15) is 19.2 Å². The number of ether oxygens (including phenoxy) is 1. The van der Waals surface area contributed by atoms with E-state index in [-0.39, 0.29) is 6.54 Å². The average molecular weight is 307 g/mol. The molecule has 2 rings (SSSR count). The Kier molecular flexibility index (Phi) is 4.65. The van der Waals surface area contributed by atoms with Crippen molar-refractivity contribution in [2.24, 2.45) is 0 Å². The fourth-order valence-corrected chi connectivity index (χ4v) is 2.66. The van der Waals surface area contributed by atoms with Crippen LogP contribution in [0.2, 0.25) is 0 Å². The predicted molar refractivity (Wildman–Crippen MR) is 74.2 cm³/mol. The summed E-state index contributed by atoms with van der Waals surface area (Å²) in [6.07, 6.45) is 7.85. The summed E-state index contributed by atoms with van der Waals surface area (Å²) in [5.74, 6) is 0.437. The van der Waals surface area contributed by atoms with Gasteiger partial charge in [-0.25, -0.2) is 4.79 Å². The quantitative estimate of drug-likeness (QED) is 0.391. The molecule has 2 aliphatic rings. The van der Waals surface area contributed by atoms with E-state index in [0.29, 0.717) is 12.8 Å². The molecular weight excluding hydrogens is 290 g/mol. The van der Waals surface area contributed by atoms with Crippen LogP contribution >= 0.6 is 0 Å². The summed E-state index contributed by atoms with van der Waals surface area (Å²) in [7, 11) is 0. The highest BCUT2D eigenvalue weighted by Crippen LogP contribution is 2.34. The van der Waals surface area contributed by atoms with Crippen LogP contribution in [0, 0.1) is 12.3 Å². The molecule has 1 aliphatic heterocycles. The van der Waals surface area contributed by atoms with E-state index in [2.05, 4.69) is 16.6 Å². The number of imide groups is 1. The summed E-state index contributed by atoms with van der Waals surface area (Å²) in [4.78, 5) is 47.9. The van der Waals surface area contributed by atoms with Crippen molar-refractivity contribution in [3.8, 4) is 12.3 Å². The lowest BCUT2D eigenvalue weighted by Gasteiger charge is -2.19. The van der Waals surface area contributed by atoms with Crippen LogP contribution in [0.1, 0.15) is 25.7 Å². The molecule has 8 heteroatoms. The van der Waals surface area contributed by atoms with E-state index in [1.54, 1.807) is 0 Å². The van der Waals surface area contributed by atoms with Crippen molar-refractivity contribution < 1.29 is 23.9 Å². The second-order valence-electron chi connectivity index (χ2n) is 5.25. The summed E-state index contributed by atoms with van der Waals surface area (Å²) in [6.45, 7) is -0.976. The van der Waals surface area contributed by atoms with Gasteiger partial charge in [0.05, 0.1) is 6.54 Å². The van der Waals surface area contributed by atoms with E-state index in [0.717, 1.165) is 17.7 Å². The van der Waals surface area contributed by atoms with Crippen molar-refractivity contribution in [3.05, 3.63) is 0 Å². The van der Waals surface area contributed by atoms with Gasteiger partial charge in [-0.05, 0) is 12.8 Å². The first-order valence-electron chi connectivity index (χ1n) is 6.98. The van der Waals surface area contributed by atoms with Crippen molar-refractivity contribution in [2.45, 2.75) is 31.2 Å². The number of rotatable bonds is 5. The zero-order valence-corrected chi connectivity index (χ0v) is 12.0. The molecule has 22 heavy (non-hydrogen) atoms. The first kappa shape index (κ1) is 15.8. The number of hydrogen-bond acceptors (Lipinski definition) is 5. The number of carbonyl (C=O) groups excluding carboxylic acids is 4. The molecule has 1 spiro atoms. The van der Waals surface area contributed by atoms with Gasteiger partial charge >= 0.3 is 12.0 Å². The number of amides is 4. The van der Waals surface area contributed by atoms with Gasteiger partial charge in [-0.1, -0.05) is 18.8 Å². The van der Waals surface area contributed by atoms with Crippen molar-refractivity contribution in [1.82, 2.24) is 15.5 Å². The lowest BCUT2D eigenvalue weighted by atomic mass is 9.98. The smallest absolute Gasteiger partial charge is 0.326 e. The molecule has 118 valence electrons. The number of hydrogen-bond donors (Lipinski definition) is 2. The molecule has 0 radical (unpaired) electrons. The molecule has 0 unspecified atom stereocenters. The van der Waals surface area contributed by atoms with Gasteiger partial charge in [0.1, 0.15) is 12.1 Å². The molecule has 1 saturated heterocycles. The van der Waals surface area contributed by atoms with Crippen LogP contribution in [0.5, 0.6) is 0 Å². The maximum Gasteiger partial charge on any atom is 0.326 e. The third kappa shape index (κ3) is 3.19. The molecule has 2 N–H and O–H groups in total. The van der Waals surface area contributed by atoms with Crippen molar-refractivity contribution in [2.75, 3.05) is 19.7 Å². The maximum atomic E-state index is 12.3. The first-order chi connectivity index (χ1) is 10.5. The number of nitrogens with zero attached hydrogens (tertiary/aromatic N) is 1. The lowest BCUT2D eigenvalue weighted by molar-refractivity contribution is -0.151. The number of carbonyl (C=O) groups is 4. The molecule has 0 aromatic rings. The normalized spacial score (nSPS) is 19.0. The summed E-state index contributed by atoms with van der Waals surface area (Å²) in [6, 6.07) is -0.597. The zero-order chi connectivity index (χ0) is 16.2. The molecule has 0 aromatic heterocycles. The minimum Gasteiger partial charge on any atom is -0.454 e. The van der Waals surface area contributed by atoms with Crippen LogP contribution in [0.25, 0.3) is 0 Å². The molecule has 0 bridgehead atoms. The summed E-state index contributed by atoms with van der Waals surface area (Å²) >= 11 is 0. The van der Waals surface area contributed by atoms with Crippen LogP contribution < -0.4 is 10.6 Å². The third-order valence-corrected chi connectivity index (χ3v) is 3.74. The molecule has 4 amide bonds. The summed E-state index contributed by atoms with van der Waals surface area (Å²) in [5, 5.41) is 4.98. The summed E-state index contributed by atoms with van der Waals surface area (Å²) < 4.78 is 4.72. The highest BCUT2D eigenvalue weighted by Gasteiger charge is 2.52. The van der Waals surface area contributed by atoms with Crippen molar-refractivity contribution in [3.63, 3.8) is 0 Å². The van der Waals surface area contributed by atoms with Crippen LogP contribution in [0.3, 0.4) is 0 Å². The Balaban J connectivity index is 1.84. The molecule has 0 atom stereocenters. The topological polar surface area (TPSA) is 105 Å². The molecular formula is C14H17N3O5. The second kappa shape index (κ2) is 6.47. The minimum atomic E-state index is -0.860. The van der Waals surface area contributed by atoms with E-state index >= 15 is 0 Å². The average Bonchev–Trinajstić information content (AvgIpc) is 3.04. The fourth-order valence-electron chi connectivity index (χ4n) is 2.66. The van der Waals surface area contributed by atoms with Crippen LogP contribution in [-0.2, 0) is 19.1 Å². The second-order valence-corrected chi connectivity index (χ2v) is 5.25. The van der Waals surface area contributed by atoms with Gasteiger partial charge in [-0.3, -0.25) is 19.3 Å². The summed E-state index contributed by atoms with van der Waals surface area (Å²) in [5.41, 5.74) is -0.860. The lowest BCUT2D eigenvalue weighted by Crippen LogP contribution is -2.44. The van der Waals surface area contributed by atoms with E-state index in [4.69, 9.17) is 11.2 Å². The Morgan fingerprint density at radius 2 is 2.05 bits per heavy atom. The Hall–Kier alpha value is -2.56. The first-order valence-corrected chi connectivity index (χ1v) is 6.98. The van der Waals surface area contributed by atoms with Gasteiger partial charge in [0.25, 0.3) is 11.8 Å². The van der Waals surface area contributed by atoms with Crippen molar-refractivity contribution in [1.29, 1.82) is 0 Å². The molecule has 1 saturated carbocycles. The van der Waals surface area contributed by atoms with Crippen LogP contribution in [0.4, 0.5) is 4.79 Å². The number of urea groups is 1.